The van der Waals surface area contributed by atoms with E-state index in [0.717, 1.165) is 16.6 Å². The van der Waals surface area contributed by atoms with Gasteiger partial charge in [0.15, 0.2) is 0 Å². The first kappa shape index (κ1) is 17.0. The summed E-state index contributed by atoms with van der Waals surface area (Å²) in [5.41, 5.74) is 3.44. The predicted molar refractivity (Wildman–Crippen MR) is 104 cm³/mol. The second-order valence-corrected chi connectivity index (χ2v) is 6.45. The maximum atomic E-state index is 12.8. The van der Waals surface area contributed by atoms with Crippen molar-refractivity contribution in [3.8, 4) is 0 Å². The fourth-order valence-corrected chi connectivity index (χ4v) is 3.32. The lowest BCUT2D eigenvalue weighted by molar-refractivity contribution is -0.121. The van der Waals surface area contributed by atoms with Crippen LogP contribution < -0.4 is 10.9 Å². The Morgan fingerprint density at radius 2 is 1.81 bits per heavy atom. The minimum absolute atomic E-state index is 0.0278. The summed E-state index contributed by atoms with van der Waals surface area (Å²) in [6.45, 7) is 0.965. The van der Waals surface area contributed by atoms with Crippen LogP contribution in [0.4, 0.5) is 0 Å². The zero-order valence-corrected chi connectivity index (χ0v) is 14.8. The summed E-state index contributed by atoms with van der Waals surface area (Å²) in [4.78, 5) is 29.0. The van der Waals surface area contributed by atoms with Crippen LogP contribution in [0, 0.1) is 0 Å². The number of fused-ring (bicyclic) bond motifs is 3. The van der Waals surface area contributed by atoms with Crippen molar-refractivity contribution in [3.63, 3.8) is 0 Å². The summed E-state index contributed by atoms with van der Waals surface area (Å²) in [6, 6.07) is 15.3. The number of carbonyl (C=O) groups is 1. The van der Waals surface area contributed by atoms with E-state index in [-0.39, 0.29) is 11.5 Å². The molecular formula is C21H20N4O2. The van der Waals surface area contributed by atoms with Gasteiger partial charge in [-0.15, -0.1) is 0 Å². The Kier molecular flexibility index (Phi) is 4.70. The van der Waals surface area contributed by atoms with Gasteiger partial charge in [0.1, 0.15) is 5.52 Å². The molecule has 0 spiro atoms. The molecule has 4 rings (SSSR count). The van der Waals surface area contributed by atoms with Gasteiger partial charge in [0.2, 0.25) is 5.91 Å². The molecule has 1 aromatic carbocycles. The van der Waals surface area contributed by atoms with Crippen molar-refractivity contribution in [2.45, 2.75) is 25.9 Å². The molecule has 0 aliphatic carbocycles. The maximum absolute atomic E-state index is 12.8. The number of rotatable bonds is 6. The van der Waals surface area contributed by atoms with E-state index in [1.54, 1.807) is 17.0 Å². The number of carbonyl (C=O) groups excluding carboxylic acids is 1. The third-order valence-corrected chi connectivity index (χ3v) is 4.64. The number of pyridine rings is 1. The zero-order chi connectivity index (χ0) is 18.6. The lowest BCUT2D eigenvalue weighted by Crippen LogP contribution is -2.25. The first-order valence-corrected chi connectivity index (χ1v) is 8.98. The smallest absolute Gasteiger partial charge is 0.275 e. The number of hydrogen-bond acceptors (Lipinski definition) is 3. The third-order valence-electron chi connectivity index (χ3n) is 4.64. The van der Waals surface area contributed by atoms with Crippen molar-refractivity contribution in [1.82, 2.24) is 19.3 Å². The van der Waals surface area contributed by atoms with Gasteiger partial charge in [-0.1, -0.05) is 18.2 Å². The summed E-state index contributed by atoms with van der Waals surface area (Å²) < 4.78 is 3.67. The SMILES string of the molecule is O=C(CCCn1c(=O)c2cccn2c2ccccc21)NCc1cccnc1. The van der Waals surface area contributed by atoms with Crippen LogP contribution in [0.2, 0.25) is 0 Å². The molecular weight excluding hydrogens is 340 g/mol. The molecule has 0 fully saturated rings. The molecule has 0 radical (unpaired) electrons. The zero-order valence-electron chi connectivity index (χ0n) is 14.8. The van der Waals surface area contributed by atoms with Crippen LogP contribution in [0.3, 0.4) is 0 Å². The number of hydrogen-bond donors (Lipinski definition) is 1. The molecule has 1 amide bonds. The van der Waals surface area contributed by atoms with E-state index in [9.17, 15) is 9.59 Å². The van der Waals surface area contributed by atoms with E-state index in [2.05, 4.69) is 10.3 Å². The first-order valence-electron chi connectivity index (χ1n) is 8.98. The number of aryl methyl sites for hydroxylation is 1. The second kappa shape index (κ2) is 7.45. The Morgan fingerprint density at radius 1 is 1.00 bits per heavy atom. The van der Waals surface area contributed by atoms with E-state index in [0.29, 0.717) is 31.4 Å². The highest BCUT2D eigenvalue weighted by Crippen LogP contribution is 2.15. The highest BCUT2D eigenvalue weighted by Gasteiger charge is 2.10. The van der Waals surface area contributed by atoms with E-state index < -0.39 is 0 Å². The van der Waals surface area contributed by atoms with E-state index in [1.165, 1.54) is 0 Å². The van der Waals surface area contributed by atoms with Crippen molar-refractivity contribution in [2.24, 2.45) is 0 Å². The molecule has 0 aliphatic heterocycles. The highest BCUT2D eigenvalue weighted by molar-refractivity contribution is 5.79. The van der Waals surface area contributed by atoms with Crippen LogP contribution >= 0.6 is 0 Å². The van der Waals surface area contributed by atoms with Gasteiger partial charge in [-0.25, -0.2) is 0 Å². The highest BCUT2D eigenvalue weighted by atomic mass is 16.1. The molecule has 0 saturated heterocycles. The molecule has 4 aromatic rings. The molecule has 6 heteroatoms. The van der Waals surface area contributed by atoms with E-state index >= 15 is 0 Å². The van der Waals surface area contributed by atoms with Crippen molar-refractivity contribution < 1.29 is 4.79 Å². The van der Waals surface area contributed by atoms with Crippen LogP contribution in [0.1, 0.15) is 18.4 Å². The topological polar surface area (TPSA) is 68.4 Å². The second-order valence-electron chi connectivity index (χ2n) is 6.45. The van der Waals surface area contributed by atoms with Crippen molar-refractivity contribution >= 4 is 22.5 Å². The molecule has 136 valence electrons. The Bertz CT molecular complexity index is 1150. The summed E-state index contributed by atoms with van der Waals surface area (Å²) >= 11 is 0. The lowest BCUT2D eigenvalue weighted by Gasteiger charge is -2.12. The van der Waals surface area contributed by atoms with Crippen molar-refractivity contribution in [1.29, 1.82) is 0 Å². The van der Waals surface area contributed by atoms with Gasteiger partial charge in [-0.05, 0) is 42.3 Å². The summed E-state index contributed by atoms with van der Waals surface area (Å²) in [5, 5.41) is 2.89. The largest absolute Gasteiger partial charge is 0.352 e. The minimum Gasteiger partial charge on any atom is -0.352 e. The summed E-state index contributed by atoms with van der Waals surface area (Å²) in [6.07, 6.45) is 6.30. The van der Waals surface area contributed by atoms with E-state index in [4.69, 9.17) is 0 Å². The van der Waals surface area contributed by atoms with Crippen molar-refractivity contribution in [3.05, 3.63) is 83.0 Å². The molecule has 6 nitrogen and oxygen atoms in total. The standard InChI is InChI=1S/C21H20N4O2/c26-20(23-15-16-6-3-11-22-14-16)10-5-13-25-18-8-2-1-7-17(18)24-12-4-9-19(24)21(25)27/h1-4,6-9,11-12,14H,5,10,13,15H2,(H,23,26). The third kappa shape index (κ3) is 3.46. The van der Waals surface area contributed by atoms with Gasteiger partial charge in [-0.3, -0.25) is 14.6 Å². The van der Waals surface area contributed by atoms with Crippen LogP contribution in [-0.2, 0) is 17.9 Å². The average Bonchev–Trinajstić information content (AvgIpc) is 3.20. The number of benzene rings is 1. The Labute approximate surface area is 156 Å². The molecule has 0 bridgehead atoms. The van der Waals surface area contributed by atoms with Gasteiger partial charge in [0, 0.05) is 38.1 Å². The van der Waals surface area contributed by atoms with Crippen LogP contribution in [0.15, 0.2) is 71.9 Å². The van der Waals surface area contributed by atoms with Crippen LogP contribution in [0.5, 0.6) is 0 Å². The Morgan fingerprint density at radius 3 is 2.63 bits per heavy atom. The fourth-order valence-electron chi connectivity index (χ4n) is 3.32. The predicted octanol–water partition coefficient (Wildman–Crippen LogP) is 2.75. The van der Waals surface area contributed by atoms with E-state index in [1.807, 2.05) is 59.1 Å². The molecule has 27 heavy (non-hydrogen) atoms. The quantitative estimate of drug-likeness (QED) is 0.575. The summed E-state index contributed by atoms with van der Waals surface area (Å²) in [7, 11) is 0. The van der Waals surface area contributed by atoms with Crippen LogP contribution in [-0.4, -0.2) is 19.9 Å². The maximum Gasteiger partial charge on any atom is 0.275 e. The molecule has 0 atom stereocenters. The summed E-state index contributed by atoms with van der Waals surface area (Å²) in [5.74, 6) is -0.0278. The molecule has 1 N–H and O–H groups in total. The van der Waals surface area contributed by atoms with Crippen molar-refractivity contribution in [2.75, 3.05) is 0 Å². The normalized spacial score (nSPS) is 11.1. The van der Waals surface area contributed by atoms with Gasteiger partial charge in [0.25, 0.3) is 5.56 Å². The van der Waals surface area contributed by atoms with Gasteiger partial charge in [0.05, 0.1) is 11.0 Å². The van der Waals surface area contributed by atoms with Gasteiger partial charge >= 0.3 is 0 Å². The monoisotopic (exact) mass is 360 g/mol. The first-order chi connectivity index (χ1) is 13.2. The molecule has 3 heterocycles. The number of nitrogens with zero attached hydrogens (tertiary/aromatic N) is 3. The lowest BCUT2D eigenvalue weighted by atomic mass is 10.2. The molecule has 0 unspecified atom stereocenters. The Balaban J connectivity index is 1.46. The number of amides is 1. The van der Waals surface area contributed by atoms with Gasteiger partial charge in [-0.2, -0.15) is 0 Å². The number of nitrogens with one attached hydrogen (secondary N) is 1. The Hall–Kier alpha value is -3.41. The van der Waals surface area contributed by atoms with Crippen LogP contribution in [0.25, 0.3) is 16.6 Å². The number of aromatic nitrogens is 3. The molecule has 0 saturated carbocycles. The fraction of sp³-hybridized carbons (Fsp3) is 0.190. The average molecular weight is 360 g/mol. The van der Waals surface area contributed by atoms with Gasteiger partial charge < -0.3 is 14.3 Å². The minimum atomic E-state index is -0.0329. The molecule has 0 aliphatic rings. The molecule has 3 aromatic heterocycles. The number of para-hydroxylation sites is 2.